The molecule has 2 aromatic carbocycles. The second kappa shape index (κ2) is 7.25. The van der Waals surface area contributed by atoms with Gasteiger partial charge in [-0.3, -0.25) is 4.79 Å². The van der Waals surface area contributed by atoms with Gasteiger partial charge in [0.2, 0.25) is 0 Å². The summed E-state index contributed by atoms with van der Waals surface area (Å²) < 4.78 is 22.4. The Kier molecular flexibility index (Phi) is 4.67. The lowest BCUT2D eigenvalue weighted by Crippen LogP contribution is -2.13. The maximum atomic E-state index is 12.7. The Morgan fingerprint density at radius 3 is 1.96 bits per heavy atom. The van der Waals surface area contributed by atoms with E-state index in [4.69, 9.17) is 18.9 Å². The molecule has 2 aliphatic rings. The topological polar surface area (TPSA) is 74.2 Å². The molecular weight excluding hydrogens is 336 g/mol. The summed E-state index contributed by atoms with van der Waals surface area (Å²) >= 11 is 0. The number of ketones is 1. The van der Waals surface area contributed by atoms with Crippen molar-refractivity contribution in [3.63, 3.8) is 0 Å². The molecule has 0 aliphatic carbocycles. The Morgan fingerprint density at radius 1 is 0.769 bits per heavy atom. The third-order valence-corrected chi connectivity index (χ3v) is 4.37. The van der Waals surface area contributed by atoms with Crippen LogP contribution in [-0.4, -0.2) is 37.3 Å². The van der Waals surface area contributed by atoms with Gasteiger partial charge in [0.1, 0.15) is 6.10 Å². The summed E-state index contributed by atoms with van der Waals surface area (Å²) in [6.45, 7) is 2.25. The Hall–Kier alpha value is -2.73. The molecule has 0 aromatic heterocycles. The van der Waals surface area contributed by atoms with Gasteiger partial charge in [0.15, 0.2) is 28.8 Å². The molecule has 2 aliphatic heterocycles. The van der Waals surface area contributed by atoms with Gasteiger partial charge in [-0.05, 0) is 35.9 Å². The van der Waals surface area contributed by atoms with Crippen LogP contribution < -0.4 is 18.9 Å². The Morgan fingerprint density at radius 2 is 1.31 bits per heavy atom. The highest BCUT2D eigenvalue weighted by Crippen LogP contribution is 2.35. The van der Waals surface area contributed by atoms with Crippen molar-refractivity contribution in [3.05, 3.63) is 47.5 Å². The maximum Gasteiger partial charge on any atom is 0.195 e. The van der Waals surface area contributed by atoms with Gasteiger partial charge in [0.25, 0.3) is 0 Å². The summed E-state index contributed by atoms with van der Waals surface area (Å²) in [4.78, 5) is 12.7. The molecule has 136 valence electrons. The fourth-order valence-electron chi connectivity index (χ4n) is 2.98. The first-order valence-electron chi connectivity index (χ1n) is 8.74. The van der Waals surface area contributed by atoms with Crippen LogP contribution >= 0.6 is 0 Å². The monoisotopic (exact) mass is 356 g/mol. The van der Waals surface area contributed by atoms with Crippen molar-refractivity contribution in [3.8, 4) is 23.0 Å². The first-order valence-corrected chi connectivity index (χ1v) is 8.74. The number of aliphatic hydroxyl groups excluding tert-OH is 1. The van der Waals surface area contributed by atoms with Gasteiger partial charge in [-0.2, -0.15) is 0 Å². The van der Waals surface area contributed by atoms with Gasteiger partial charge < -0.3 is 24.1 Å². The van der Waals surface area contributed by atoms with E-state index in [2.05, 4.69) is 0 Å². The number of carbonyl (C=O) groups is 1. The van der Waals surface area contributed by atoms with Gasteiger partial charge in [-0.15, -0.1) is 0 Å². The van der Waals surface area contributed by atoms with Crippen molar-refractivity contribution in [1.29, 1.82) is 0 Å². The van der Waals surface area contributed by atoms with Crippen LogP contribution in [0.25, 0.3) is 0 Å². The number of benzene rings is 2. The summed E-state index contributed by atoms with van der Waals surface area (Å²) in [6, 6.07) is 10.0. The van der Waals surface area contributed by atoms with Crippen LogP contribution in [0.4, 0.5) is 0 Å². The summed E-state index contributed by atoms with van der Waals surface area (Å²) in [7, 11) is 0. The van der Waals surface area contributed by atoms with E-state index in [0.717, 1.165) is 12.8 Å². The van der Waals surface area contributed by atoms with Crippen LogP contribution in [-0.2, 0) is 0 Å². The highest BCUT2D eigenvalue weighted by atomic mass is 16.5. The zero-order valence-corrected chi connectivity index (χ0v) is 14.3. The van der Waals surface area contributed by atoms with E-state index in [9.17, 15) is 9.90 Å². The number of Topliss-reactive ketones (excluding diaryl/α,β-unsaturated/α-hetero) is 1. The average Bonchev–Trinajstić information content (AvgIpc) is 3.05. The number of rotatable bonds is 3. The van der Waals surface area contributed by atoms with Gasteiger partial charge in [-0.1, -0.05) is 6.07 Å². The van der Waals surface area contributed by atoms with Gasteiger partial charge in [0.05, 0.1) is 26.4 Å². The van der Waals surface area contributed by atoms with Crippen LogP contribution in [0.2, 0.25) is 0 Å². The van der Waals surface area contributed by atoms with E-state index in [-0.39, 0.29) is 0 Å². The highest BCUT2D eigenvalue weighted by molar-refractivity contribution is 6.00. The van der Waals surface area contributed by atoms with Crippen LogP contribution in [0.3, 0.4) is 0 Å². The predicted molar refractivity (Wildman–Crippen MR) is 93.4 cm³/mol. The molecule has 0 bridgehead atoms. The molecule has 4 rings (SSSR count). The number of hydrogen-bond donors (Lipinski definition) is 1. The van der Waals surface area contributed by atoms with E-state index in [1.807, 2.05) is 0 Å². The smallest absolute Gasteiger partial charge is 0.195 e. The van der Waals surface area contributed by atoms with Crippen molar-refractivity contribution < 1.29 is 28.8 Å². The zero-order valence-electron chi connectivity index (χ0n) is 14.3. The molecule has 0 saturated heterocycles. The fraction of sp³-hybridized carbons (Fsp3) is 0.350. The number of hydrogen-bond acceptors (Lipinski definition) is 6. The molecule has 2 aromatic rings. The second-order valence-electron chi connectivity index (χ2n) is 6.24. The third kappa shape index (κ3) is 3.32. The molecule has 1 atom stereocenters. The van der Waals surface area contributed by atoms with E-state index in [1.54, 1.807) is 36.4 Å². The fourth-order valence-corrected chi connectivity index (χ4v) is 2.98. The molecule has 6 nitrogen and oxygen atoms in total. The van der Waals surface area contributed by atoms with Crippen molar-refractivity contribution in [1.82, 2.24) is 0 Å². The van der Waals surface area contributed by atoms with Crippen molar-refractivity contribution in [2.75, 3.05) is 26.4 Å². The van der Waals surface area contributed by atoms with Crippen molar-refractivity contribution in [2.45, 2.75) is 18.9 Å². The van der Waals surface area contributed by atoms with Crippen LogP contribution in [0.15, 0.2) is 36.4 Å². The lowest BCUT2D eigenvalue weighted by molar-refractivity contribution is 0.0746. The van der Waals surface area contributed by atoms with Gasteiger partial charge in [-0.25, -0.2) is 0 Å². The first-order chi connectivity index (χ1) is 12.7. The second-order valence-corrected chi connectivity index (χ2v) is 6.24. The maximum absolute atomic E-state index is 12.7. The van der Waals surface area contributed by atoms with E-state index < -0.39 is 11.9 Å². The first kappa shape index (κ1) is 16.7. The number of aliphatic hydroxyl groups is 1. The summed E-state index contributed by atoms with van der Waals surface area (Å²) in [5.41, 5.74) is 0.834. The normalized spacial score (nSPS) is 17.0. The molecule has 0 fully saturated rings. The quantitative estimate of drug-likeness (QED) is 0.853. The summed E-state index contributed by atoms with van der Waals surface area (Å²) in [5.74, 6) is 1.91. The van der Waals surface area contributed by atoms with Gasteiger partial charge in [0, 0.05) is 18.4 Å². The largest absolute Gasteiger partial charge is 0.490 e. The zero-order chi connectivity index (χ0) is 17.9. The Labute approximate surface area is 151 Å². The van der Waals surface area contributed by atoms with E-state index in [0.29, 0.717) is 60.6 Å². The summed E-state index contributed by atoms with van der Waals surface area (Å²) in [5, 5.41) is 10.6. The minimum absolute atomic E-state index is 0.369. The van der Waals surface area contributed by atoms with Gasteiger partial charge >= 0.3 is 0 Å². The lowest BCUT2D eigenvalue weighted by atomic mass is 9.99. The van der Waals surface area contributed by atoms with Crippen LogP contribution in [0.1, 0.15) is 34.9 Å². The SMILES string of the molecule is O=C(c1ccc2c(c1)OCCCO2)C(O)c1ccc2c(c1)OCCCO2. The highest BCUT2D eigenvalue weighted by Gasteiger charge is 2.23. The standard InChI is InChI=1S/C20H20O6/c21-19(13-3-5-15-17(11-13)25-9-1-7-23-15)20(22)14-4-6-16-18(12-14)26-10-2-8-24-16/h3-6,11-12,19,21H,1-2,7-10H2. The molecular formula is C20H20O6. The van der Waals surface area contributed by atoms with Crippen LogP contribution in [0, 0.1) is 0 Å². The molecule has 1 N–H and O–H groups in total. The van der Waals surface area contributed by atoms with Crippen molar-refractivity contribution in [2.24, 2.45) is 0 Å². The summed E-state index contributed by atoms with van der Waals surface area (Å²) in [6.07, 6.45) is 0.289. The number of carbonyl (C=O) groups excluding carboxylic acids is 1. The minimum Gasteiger partial charge on any atom is -0.490 e. The molecule has 0 amide bonds. The molecule has 6 heteroatoms. The molecule has 26 heavy (non-hydrogen) atoms. The predicted octanol–water partition coefficient (Wildman–Crippen LogP) is 2.93. The van der Waals surface area contributed by atoms with Crippen molar-refractivity contribution >= 4 is 5.78 Å². The third-order valence-electron chi connectivity index (χ3n) is 4.37. The Bertz CT molecular complexity index is 816. The van der Waals surface area contributed by atoms with Crippen LogP contribution in [0.5, 0.6) is 23.0 Å². The Balaban J connectivity index is 1.58. The molecule has 2 heterocycles. The lowest BCUT2D eigenvalue weighted by Gasteiger charge is -2.14. The van der Waals surface area contributed by atoms with E-state index in [1.165, 1.54) is 0 Å². The number of ether oxygens (including phenoxy) is 4. The van der Waals surface area contributed by atoms with E-state index >= 15 is 0 Å². The number of fused-ring (bicyclic) bond motifs is 2. The molecule has 1 unspecified atom stereocenters. The average molecular weight is 356 g/mol. The molecule has 0 saturated carbocycles. The molecule has 0 radical (unpaired) electrons. The minimum atomic E-state index is -1.29. The molecule has 0 spiro atoms.